The van der Waals surface area contributed by atoms with Crippen LogP contribution in [0.1, 0.15) is 24.3 Å². The van der Waals surface area contributed by atoms with Crippen LogP contribution in [-0.2, 0) is 11.3 Å². The molecule has 0 saturated carbocycles. The zero-order valence-electron chi connectivity index (χ0n) is 12.0. The van der Waals surface area contributed by atoms with E-state index in [-0.39, 0.29) is 0 Å². The molecule has 1 N–H and O–H groups in total. The first kappa shape index (κ1) is 13.8. The number of aryl methyl sites for hydroxylation is 1. The lowest BCUT2D eigenvalue weighted by Gasteiger charge is -2.19. The molecule has 0 spiro atoms. The average Bonchev–Trinajstić information content (AvgIpc) is 3.08. The van der Waals surface area contributed by atoms with Crippen LogP contribution in [0.25, 0.3) is 11.5 Å². The molecule has 3 rings (SSSR count). The summed E-state index contributed by atoms with van der Waals surface area (Å²) in [6.45, 7) is 3.20. The average molecular weight is 286 g/mol. The molecule has 1 aliphatic rings. The smallest absolute Gasteiger partial charge is 0.320 e. The predicted molar refractivity (Wildman–Crippen MR) is 77.7 cm³/mol. The second kappa shape index (κ2) is 5.69. The maximum absolute atomic E-state index is 11.2. The fourth-order valence-electron chi connectivity index (χ4n) is 2.77. The highest BCUT2D eigenvalue weighted by atomic mass is 16.4. The highest BCUT2D eigenvalue weighted by Crippen LogP contribution is 2.25. The van der Waals surface area contributed by atoms with Crippen LogP contribution in [0.15, 0.2) is 34.7 Å². The van der Waals surface area contributed by atoms with Gasteiger partial charge < -0.3 is 9.52 Å². The van der Waals surface area contributed by atoms with Crippen LogP contribution in [0.2, 0.25) is 0 Å². The fraction of sp³-hybridized carbons (Fsp3) is 0.375. The quantitative estimate of drug-likeness (QED) is 0.936. The number of oxazole rings is 1. The lowest BCUT2D eigenvalue weighted by atomic mass is 10.2. The third kappa shape index (κ3) is 2.83. The molecule has 1 saturated heterocycles. The Hall–Kier alpha value is -2.14. The maximum atomic E-state index is 11.2. The number of aliphatic carboxylic acids is 1. The van der Waals surface area contributed by atoms with Crippen LogP contribution < -0.4 is 0 Å². The fourth-order valence-corrected chi connectivity index (χ4v) is 2.77. The van der Waals surface area contributed by atoms with Crippen molar-refractivity contribution in [2.24, 2.45) is 0 Å². The number of carbonyl (C=O) groups is 1. The molecule has 1 aromatic heterocycles. The van der Waals surface area contributed by atoms with Gasteiger partial charge in [-0.25, -0.2) is 4.98 Å². The standard InChI is InChI=1S/C16H18N2O3/c1-11-13(10-18-9-5-8-14(18)16(19)20)17-15(21-11)12-6-3-2-4-7-12/h2-4,6-7,14H,5,8-10H2,1H3,(H,19,20)/t14-/m0/s1. The van der Waals surface area contributed by atoms with Gasteiger partial charge in [0.25, 0.3) is 0 Å². The molecule has 2 aromatic rings. The maximum Gasteiger partial charge on any atom is 0.320 e. The minimum Gasteiger partial charge on any atom is -0.480 e. The highest BCUT2D eigenvalue weighted by molar-refractivity contribution is 5.73. The monoisotopic (exact) mass is 286 g/mol. The summed E-state index contributed by atoms with van der Waals surface area (Å²) in [6.07, 6.45) is 1.62. The number of benzene rings is 1. The Labute approximate surface area is 123 Å². The summed E-state index contributed by atoms with van der Waals surface area (Å²) in [6, 6.07) is 9.32. The zero-order chi connectivity index (χ0) is 14.8. The minimum absolute atomic E-state index is 0.402. The van der Waals surface area contributed by atoms with Crippen LogP contribution in [0.4, 0.5) is 0 Å². The topological polar surface area (TPSA) is 66.6 Å². The Bertz CT molecular complexity index is 636. The molecule has 0 unspecified atom stereocenters. The van der Waals surface area contributed by atoms with Gasteiger partial charge in [0.15, 0.2) is 0 Å². The van der Waals surface area contributed by atoms with Gasteiger partial charge in [0, 0.05) is 12.1 Å². The van der Waals surface area contributed by atoms with Gasteiger partial charge in [0.05, 0.1) is 5.69 Å². The number of rotatable bonds is 4. The number of nitrogens with zero attached hydrogens (tertiary/aromatic N) is 2. The van der Waals surface area contributed by atoms with E-state index in [0.717, 1.165) is 30.0 Å². The van der Waals surface area contributed by atoms with Gasteiger partial charge in [-0.15, -0.1) is 0 Å². The summed E-state index contributed by atoms with van der Waals surface area (Å²) in [5.74, 6) is 0.594. The van der Waals surface area contributed by atoms with Crippen molar-refractivity contribution in [1.82, 2.24) is 9.88 Å². The summed E-state index contributed by atoms with van der Waals surface area (Å²) >= 11 is 0. The Kier molecular flexibility index (Phi) is 3.75. The number of hydrogen-bond donors (Lipinski definition) is 1. The van der Waals surface area contributed by atoms with E-state index < -0.39 is 12.0 Å². The van der Waals surface area contributed by atoms with Gasteiger partial charge in [-0.1, -0.05) is 18.2 Å². The van der Waals surface area contributed by atoms with Crippen LogP contribution in [-0.4, -0.2) is 33.5 Å². The van der Waals surface area contributed by atoms with Gasteiger partial charge >= 0.3 is 5.97 Å². The van der Waals surface area contributed by atoms with E-state index in [0.29, 0.717) is 18.9 Å². The van der Waals surface area contributed by atoms with Crippen LogP contribution in [0, 0.1) is 6.92 Å². The van der Waals surface area contributed by atoms with Crippen LogP contribution in [0.5, 0.6) is 0 Å². The molecule has 0 radical (unpaired) electrons. The van der Waals surface area contributed by atoms with E-state index in [1.807, 2.05) is 42.2 Å². The number of carboxylic acid groups (broad SMARTS) is 1. The molecule has 1 atom stereocenters. The summed E-state index contributed by atoms with van der Waals surface area (Å²) in [7, 11) is 0. The Morgan fingerprint density at radius 3 is 2.90 bits per heavy atom. The Balaban J connectivity index is 1.81. The molecule has 1 aliphatic heterocycles. The number of carboxylic acids is 1. The zero-order valence-corrected chi connectivity index (χ0v) is 12.0. The normalized spacial score (nSPS) is 19.0. The lowest BCUT2D eigenvalue weighted by molar-refractivity contribution is -0.142. The molecule has 0 aliphatic carbocycles. The molecule has 1 fully saturated rings. The van der Waals surface area contributed by atoms with Gasteiger partial charge in [-0.05, 0) is 38.4 Å². The first-order chi connectivity index (χ1) is 10.1. The van der Waals surface area contributed by atoms with E-state index >= 15 is 0 Å². The number of aromatic nitrogens is 1. The molecule has 1 aromatic carbocycles. The van der Waals surface area contributed by atoms with Crippen molar-refractivity contribution in [3.8, 4) is 11.5 Å². The van der Waals surface area contributed by atoms with E-state index in [9.17, 15) is 9.90 Å². The molecule has 0 bridgehead atoms. The van der Waals surface area contributed by atoms with Crippen LogP contribution in [0.3, 0.4) is 0 Å². The van der Waals surface area contributed by atoms with Gasteiger partial charge in [0.1, 0.15) is 11.8 Å². The molecular weight excluding hydrogens is 268 g/mol. The second-order valence-corrected chi connectivity index (χ2v) is 5.35. The Morgan fingerprint density at radius 1 is 1.43 bits per heavy atom. The van der Waals surface area contributed by atoms with E-state index in [2.05, 4.69) is 4.98 Å². The molecule has 0 amide bonds. The molecule has 5 nitrogen and oxygen atoms in total. The lowest BCUT2D eigenvalue weighted by Crippen LogP contribution is -2.35. The van der Waals surface area contributed by atoms with Crippen LogP contribution >= 0.6 is 0 Å². The first-order valence-corrected chi connectivity index (χ1v) is 7.14. The van der Waals surface area contributed by atoms with E-state index in [1.165, 1.54) is 0 Å². The molecule has 110 valence electrons. The SMILES string of the molecule is Cc1oc(-c2ccccc2)nc1CN1CCC[C@H]1C(=O)O. The largest absolute Gasteiger partial charge is 0.480 e. The van der Waals surface area contributed by atoms with Crippen molar-refractivity contribution < 1.29 is 14.3 Å². The highest BCUT2D eigenvalue weighted by Gasteiger charge is 2.31. The predicted octanol–water partition coefficient (Wildman–Crippen LogP) is 2.70. The third-order valence-corrected chi connectivity index (χ3v) is 3.91. The summed E-state index contributed by atoms with van der Waals surface area (Å²) in [5.41, 5.74) is 1.75. The number of hydrogen-bond acceptors (Lipinski definition) is 4. The van der Waals surface area contributed by atoms with Crippen molar-refractivity contribution in [3.63, 3.8) is 0 Å². The molecule has 5 heteroatoms. The summed E-state index contributed by atoms with van der Waals surface area (Å²) in [4.78, 5) is 17.7. The first-order valence-electron chi connectivity index (χ1n) is 7.14. The van der Waals surface area contributed by atoms with Crippen molar-refractivity contribution in [3.05, 3.63) is 41.8 Å². The van der Waals surface area contributed by atoms with Crippen molar-refractivity contribution in [2.75, 3.05) is 6.54 Å². The van der Waals surface area contributed by atoms with E-state index in [4.69, 9.17) is 4.42 Å². The van der Waals surface area contributed by atoms with Crippen molar-refractivity contribution >= 4 is 5.97 Å². The minimum atomic E-state index is -0.753. The second-order valence-electron chi connectivity index (χ2n) is 5.35. The van der Waals surface area contributed by atoms with Gasteiger partial charge in [-0.3, -0.25) is 9.69 Å². The van der Waals surface area contributed by atoms with Gasteiger partial charge in [0.2, 0.25) is 5.89 Å². The Morgan fingerprint density at radius 2 is 2.19 bits per heavy atom. The molecule has 2 heterocycles. The molecular formula is C16H18N2O3. The van der Waals surface area contributed by atoms with Crippen molar-refractivity contribution in [2.45, 2.75) is 32.4 Å². The summed E-state index contributed by atoms with van der Waals surface area (Å²) in [5, 5.41) is 9.23. The summed E-state index contributed by atoms with van der Waals surface area (Å²) < 4.78 is 5.72. The van der Waals surface area contributed by atoms with Gasteiger partial charge in [-0.2, -0.15) is 0 Å². The molecule has 21 heavy (non-hydrogen) atoms. The third-order valence-electron chi connectivity index (χ3n) is 3.91. The number of likely N-dealkylation sites (tertiary alicyclic amines) is 1. The van der Waals surface area contributed by atoms with E-state index in [1.54, 1.807) is 0 Å². The van der Waals surface area contributed by atoms with Crippen molar-refractivity contribution in [1.29, 1.82) is 0 Å².